The second-order valence-corrected chi connectivity index (χ2v) is 4.47. The standard InChI is InChI=1S/C12H12N4O3/c17-16(18)10-5-3-9(4-6-10)13-7-11-14-15-12(19-11)8-1-2-8/h3-6,8,13H,1-2,7H2. The van der Waals surface area contributed by atoms with Crippen LogP contribution in [-0.4, -0.2) is 15.1 Å². The predicted molar refractivity (Wildman–Crippen MR) is 66.7 cm³/mol. The molecule has 1 aromatic carbocycles. The van der Waals surface area contributed by atoms with Gasteiger partial charge in [-0.15, -0.1) is 10.2 Å². The summed E-state index contributed by atoms with van der Waals surface area (Å²) in [4.78, 5) is 10.1. The number of anilines is 1. The minimum absolute atomic E-state index is 0.0689. The van der Waals surface area contributed by atoms with Gasteiger partial charge in [-0.25, -0.2) is 0 Å². The number of nitro groups is 1. The molecule has 3 rings (SSSR count). The molecule has 1 aliphatic rings. The van der Waals surface area contributed by atoms with Gasteiger partial charge in [0.2, 0.25) is 11.8 Å². The Bertz CT molecular complexity index is 589. The average Bonchev–Trinajstić information content (AvgIpc) is 3.16. The molecule has 98 valence electrons. The highest BCUT2D eigenvalue weighted by Gasteiger charge is 2.29. The average molecular weight is 260 g/mol. The van der Waals surface area contributed by atoms with Gasteiger partial charge in [0.05, 0.1) is 11.5 Å². The van der Waals surface area contributed by atoms with E-state index in [0.29, 0.717) is 24.2 Å². The van der Waals surface area contributed by atoms with Crippen molar-refractivity contribution in [3.8, 4) is 0 Å². The van der Waals surface area contributed by atoms with Crippen molar-refractivity contribution in [1.82, 2.24) is 10.2 Å². The summed E-state index contributed by atoms with van der Waals surface area (Å²) in [6.07, 6.45) is 2.24. The first-order valence-electron chi connectivity index (χ1n) is 6.03. The van der Waals surface area contributed by atoms with Gasteiger partial charge in [0.15, 0.2) is 0 Å². The third-order valence-corrected chi connectivity index (χ3v) is 2.93. The van der Waals surface area contributed by atoms with Crippen LogP contribution in [0.3, 0.4) is 0 Å². The number of non-ortho nitro benzene ring substituents is 1. The molecule has 0 aliphatic heterocycles. The van der Waals surface area contributed by atoms with Crippen LogP contribution in [0.4, 0.5) is 11.4 Å². The van der Waals surface area contributed by atoms with E-state index in [0.717, 1.165) is 18.5 Å². The van der Waals surface area contributed by atoms with E-state index >= 15 is 0 Å². The Labute approximate surface area is 108 Å². The van der Waals surface area contributed by atoms with Crippen LogP contribution in [0.25, 0.3) is 0 Å². The van der Waals surface area contributed by atoms with Crippen molar-refractivity contribution >= 4 is 11.4 Å². The predicted octanol–water partition coefficient (Wildman–Crippen LogP) is 2.47. The topological polar surface area (TPSA) is 94.1 Å². The van der Waals surface area contributed by atoms with Crippen LogP contribution < -0.4 is 5.32 Å². The summed E-state index contributed by atoms with van der Waals surface area (Å²) >= 11 is 0. The van der Waals surface area contributed by atoms with Crippen molar-refractivity contribution in [1.29, 1.82) is 0 Å². The molecule has 1 N–H and O–H groups in total. The van der Waals surface area contributed by atoms with Gasteiger partial charge in [-0.1, -0.05) is 0 Å². The summed E-state index contributed by atoms with van der Waals surface area (Å²) in [6, 6.07) is 6.20. The summed E-state index contributed by atoms with van der Waals surface area (Å²) in [5, 5.41) is 21.5. The van der Waals surface area contributed by atoms with Gasteiger partial charge in [0.1, 0.15) is 0 Å². The van der Waals surface area contributed by atoms with E-state index < -0.39 is 4.92 Å². The van der Waals surface area contributed by atoms with Gasteiger partial charge < -0.3 is 9.73 Å². The fourth-order valence-electron chi connectivity index (χ4n) is 1.71. The molecule has 0 radical (unpaired) electrons. The van der Waals surface area contributed by atoms with Crippen LogP contribution in [0.1, 0.15) is 30.5 Å². The summed E-state index contributed by atoms with van der Waals surface area (Å²) in [7, 11) is 0. The first kappa shape index (κ1) is 11.6. The molecule has 0 saturated heterocycles. The fourth-order valence-corrected chi connectivity index (χ4v) is 1.71. The Kier molecular flexibility index (Phi) is 2.86. The van der Waals surface area contributed by atoms with Crippen LogP contribution in [0.15, 0.2) is 28.7 Å². The maximum Gasteiger partial charge on any atom is 0.269 e. The van der Waals surface area contributed by atoms with Crippen LogP contribution in [0, 0.1) is 10.1 Å². The lowest BCUT2D eigenvalue weighted by atomic mass is 10.3. The maximum atomic E-state index is 10.5. The number of rotatable bonds is 5. The lowest BCUT2D eigenvalue weighted by molar-refractivity contribution is -0.384. The number of hydrogen-bond donors (Lipinski definition) is 1. The van der Waals surface area contributed by atoms with Crippen LogP contribution in [0.2, 0.25) is 0 Å². The SMILES string of the molecule is O=[N+]([O-])c1ccc(NCc2nnc(C3CC3)o2)cc1. The van der Waals surface area contributed by atoms with E-state index in [1.165, 1.54) is 12.1 Å². The molecular weight excluding hydrogens is 248 g/mol. The zero-order valence-electron chi connectivity index (χ0n) is 10.1. The van der Waals surface area contributed by atoms with E-state index in [2.05, 4.69) is 15.5 Å². The molecule has 1 saturated carbocycles. The van der Waals surface area contributed by atoms with Crippen molar-refractivity contribution in [2.75, 3.05) is 5.32 Å². The first-order valence-corrected chi connectivity index (χ1v) is 6.03. The van der Waals surface area contributed by atoms with Gasteiger partial charge in [-0.3, -0.25) is 10.1 Å². The van der Waals surface area contributed by atoms with Crippen molar-refractivity contribution in [3.05, 3.63) is 46.2 Å². The van der Waals surface area contributed by atoms with Gasteiger partial charge in [0.25, 0.3) is 5.69 Å². The Morgan fingerprint density at radius 3 is 2.68 bits per heavy atom. The van der Waals surface area contributed by atoms with Crippen molar-refractivity contribution < 1.29 is 9.34 Å². The van der Waals surface area contributed by atoms with Crippen molar-refractivity contribution in [2.45, 2.75) is 25.3 Å². The molecule has 1 heterocycles. The molecule has 1 aromatic heterocycles. The Morgan fingerprint density at radius 2 is 2.05 bits per heavy atom. The minimum atomic E-state index is -0.427. The number of nitrogens with zero attached hydrogens (tertiary/aromatic N) is 3. The van der Waals surface area contributed by atoms with E-state index in [-0.39, 0.29) is 5.69 Å². The van der Waals surface area contributed by atoms with Crippen LogP contribution >= 0.6 is 0 Å². The second-order valence-electron chi connectivity index (χ2n) is 4.47. The Hall–Kier alpha value is -2.44. The van der Waals surface area contributed by atoms with Crippen molar-refractivity contribution in [3.63, 3.8) is 0 Å². The molecule has 0 amide bonds. The Balaban J connectivity index is 1.59. The minimum Gasteiger partial charge on any atom is -0.423 e. The fraction of sp³-hybridized carbons (Fsp3) is 0.333. The molecule has 0 unspecified atom stereocenters. The van der Waals surface area contributed by atoms with E-state index in [9.17, 15) is 10.1 Å². The van der Waals surface area contributed by atoms with Crippen LogP contribution in [0.5, 0.6) is 0 Å². The molecule has 19 heavy (non-hydrogen) atoms. The zero-order chi connectivity index (χ0) is 13.2. The van der Waals surface area contributed by atoms with Gasteiger partial charge in [0, 0.05) is 23.7 Å². The van der Waals surface area contributed by atoms with E-state index in [4.69, 9.17) is 4.42 Å². The van der Waals surface area contributed by atoms with E-state index in [1.54, 1.807) is 12.1 Å². The smallest absolute Gasteiger partial charge is 0.269 e. The second kappa shape index (κ2) is 4.68. The van der Waals surface area contributed by atoms with Crippen LogP contribution in [-0.2, 0) is 6.54 Å². The quantitative estimate of drug-likeness (QED) is 0.655. The monoisotopic (exact) mass is 260 g/mol. The number of aromatic nitrogens is 2. The molecular formula is C12H12N4O3. The number of benzene rings is 1. The molecule has 0 spiro atoms. The van der Waals surface area contributed by atoms with Gasteiger partial charge in [-0.2, -0.15) is 0 Å². The lowest BCUT2D eigenvalue weighted by Gasteiger charge is -2.02. The molecule has 7 heteroatoms. The summed E-state index contributed by atoms with van der Waals surface area (Å²) in [5.41, 5.74) is 0.844. The van der Waals surface area contributed by atoms with Gasteiger partial charge >= 0.3 is 0 Å². The third-order valence-electron chi connectivity index (χ3n) is 2.93. The summed E-state index contributed by atoms with van der Waals surface area (Å²) in [5.74, 6) is 1.68. The normalized spacial score (nSPS) is 14.3. The zero-order valence-corrected chi connectivity index (χ0v) is 10.1. The molecule has 2 aromatic rings. The lowest BCUT2D eigenvalue weighted by Crippen LogP contribution is -1.99. The first-order chi connectivity index (χ1) is 9.22. The van der Waals surface area contributed by atoms with E-state index in [1.807, 2.05) is 0 Å². The third kappa shape index (κ3) is 2.70. The molecule has 1 fully saturated rings. The van der Waals surface area contributed by atoms with Gasteiger partial charge in [-0.05, 0) is 25.0 Å². The summed E-state index contributed by atoms with van der Waals surface area (Å²) < 4.78 is 5.50. The molecule has 0 atom stereocenters. The summed E-state index contributed by atoms with van der Waals surface area (Å²) in [6.45, 7) is 0.414. The highest BCUT2D eigenvalue weighted by Crippen LogP contribution is 2.39. The largest absolute Gasteiger partial charge is 0.423 e. The number of hydrogen-bond acceptors (Lipinski definition) is 6. The molecule has 7 nitrogen and oxygen atoms in total. The maximum absolute atomic E-state index is 10.5. The highest BCUT2D eigenvalue weighted by atomic mass is 16.6. The molecule has 0 bridgehead atoms. The highest BCUT2D eigenvalue weighted by molar-refractivity contribution is 5.48. The number of nitrogens with one attached hydrogen (secondary N) is 1. The molecule has 1 aliphatic carbocycles. The number of nitro benzene ring substituents is 1. The van der Waals surface area contributed by atoms with Crippen molar-refractivity contribution in [2.24, 2.45) is 0 Å². The Morgan fingerprint density at radius 1 is 1.32 bits per heavy atom.